The van der Waals surface area contributed by atoms with Crippen LogP contribution in [0.3, 0.4) is 0 Å². The number of hydrogen-bond acceptors (Lipinski definition) is 4. The smallest absolute Gasteiger partial charge is 0.236 e. The summed E-state index contributed by atoms with van der Waals surface area (Å²) in [5.41, 5.74) is 0. The molecule has 94 valence electrons. The lowest BCUT2D eigenvalue weighted by atomic mass is 10.3. The van der Waals surface area contributed by atoms with Crippen molar-refractivity contribution in [1.29, 1.82) is 0 Å². The van der Waals surface area contributed by atoms with Crippen molar-refractivity contribution in [3.63, 3.8) is 0 Å². The molecule has 1 amide bonds. The molecule has 0 aromatic heterocycles. The zero-order chi connectivity index (χ0) is 10.7. The molecule has 1 N–H and O–H groups in total. The maximum atomic E-state index is 12.1. The van der Waals surface area contributed by atoms with Crippen LogP contribution in [0, 0.1) is 0 Å². The van der Waals surface area contributed by atoms with E-state index >= 15 is 0 Å². The van der Waals surface area contributed by atoms with Gasteiger partial charge in [0.1, 0.15) is 0 Å². The maximum absolute atomic E-state index is 12.1. The Morgan fingerprint density at radius 2 is 2.25 bits per heavy atom. The van der Waals surface area contributed by atoms with Gasteiger partial charge >= 0.3 is 0 Å². The predicted octanol–water partition coefficient (Wildman–Crippen LogP) is 1.08. The molecule has 0 aromatic carbocycles. The van der Waals surface area contributed by atoms with Gasteiger partial charge in [-0.15, -0.1) is 24.2 Å². The number of carbonyl (C=O) groups excluding carboxylic acids is 1. The third-order valence-corrected chi connectivity index (χ3v) is 5.74. The molecule has 2 aliphatic heterocycles. The second kappa shape index (κ2) is 6.99. The van der Waals surface area contributed by atoms with Crippen molar-refractivity contribution in [3.8, 4) is 0 Å². The van der Waals surface area contributed by atoms with E-state index in [9.17, 15) is 4.79 Å². The third kappa shape index (κ3) is 3.45. The SMILES string of the molecule is CNC1CCN(C(=O)C2CSCCS2)C1.Cl. The van der Waals surface area contributed by atoms with Crippen LogP contribution in [-0.4, -0.2) is 59.5 Å². The molecule has 2 aliphatic rings. The monoisotopic (exact) mass is 282 g/mol. The highest BCUT2D eigenvalue weighted by Gasteiger charge is 2.31. The van der Waals surface area contributed by atoms with Gasteiger partial charge in [-0.25, -0.2) is 0 Å². The summed E-state index contributed by atoms with van der Waals surface area (Å²) in [5, 5.41) is 3.47. The van der Waals surface area contributed by atoms with Gasteiger partial charge in [0.05, 0.1) is 5.25 Å². The number of carbonyl (C=O) groups is 1. The fourth-order valence-corrected chi connectivity index (χ4v) is 4.66. The van der Waals surface area contributed by atoms with Crippen molar-refractivity contribution in [2.24, 2.45) is 0 Å². The average molecular weight is 283 g/mol. The summed E-state index contributed by atoms with van der Waals surface area (Å²) in [6.07, 6.45) is 1.10. The summed E-state index contributed by atoms with van der Waals surface area (Å²) in [6.45, 7) is 1.84. The molecule has 0 aliphatic carbocycles. The minimum atomic E-state index is 0. The summed E-state index contributed by atoms with van der Waals surface area (Å²) < 4.78 is 0. The van der Waals surface area contributed by atoms with Crippen LogP contribution in [0.15, 0.2) is 0 Å². The number of nitrogens with one attached hydrogen (secondary N) is 1. The van der Waals surface area contributed by atoms with E-state index in [0.717, 1.165) is 31.0 Å². The molecule has 6 heteroatoms. The van der Waals surface area contributed by atoms with Crippen molar-refractivity contribution in [2.75, 3.05) is 37.4 Å². The number of likely N-dealkylation sites (N-methyl/N-ethyl adjacent to an activating group) is 1. The summed E-state index contributed by atoms with van der Waals surface area (Å²) in [7, 11) is 1.98. The van der Waals surface area contributed by atoms with Gasteiger partial charge in [-0.1, -0.05) is 0 Å². The molecule has 2 rings (SSSR count). The Kier molecular flexibility index (Phi) is 6.32. The Labute approximate surface area is 112 Å². The van der Waals surface area contributed by atoms with E-state index in [4.69, 9.17) is 0 Å². The lowest BCUT2D eigenvalue weighted by Crippen LogP contribution is -2.40. The summed E-state index contributed by atoms with van der Waals surface area (Å²) in [6, 6.07) is 0.509. The van der Waals surface area contributed by atoms with Crippen molar-refractivity contribution < 1.29 is 4.79 Å². The molecule has 0 spiro atoms. The normalized spacial score (nSPS) is 29.9. The third-order valence-electron chi connectivity index (χ3n) is 3.00. The lowest BCUT2D eigenvalue weighted by molar-refractivity contribution is -0.129. The van der Waals surface area contributed by atoms with Gasteiger partial charge in [0, 0.05) is 36.4 Å². The molecule has 2 fully saturated rings. The Morgan fingerprint density at radius 1 is 1.44 bits per heavy atom. The van der Waals surface area contributed by atoms with E-state index in [0.29, 0.717) is 11.9 Å². The quantitative estimate of drug-likeness (QED) is 0.821. The highest BCUT2D eigenvalue weighted by Crippen LogP contribution is 2.26. The average Bonchev–Trinajstić information content (AvgIpc) is 2.78. The zero-order valence-electron chi connectivity index (χ0n) is 9.48. The molecule has 0 aromatic rings. The van der Waals surface area contributed by atoms with Gasteiger partial charge in [0.15, 0.2) is 0 Å². The van der Waals surface area contributed by atoms with E-state index in [2.05, 4.69) is 5.32 Å². The van der Waals surface area contributed by atoms with Crippen LogP contribution in [0.1, 0.15) is 6.42 Å². The number of rotatable bonds is 2. The van der Waals surface area contributed by atoms with Crippen molar-refractivity contribution >= 4 is 41.8 Å². The zero-order valence-corrected chi connectivity index (χ0v) is 11.9. The van der Waals surface area contributed by atoms with E-state index in [1.165, 1.54) is 5.75 Å². The Morgan fingerprint density at radius 3 is 2.81 bits per heavy atom. The number of thioether (sulfide) groups is 2. The molecule has 0 bridgehead atoms. The molecule has 2 saturated heterocycles. The van der Waals surface area contributed by atoms with Crippen LogP contribution in [-0.2, 0) is 4.79 Å². The van der Waals surface area contributed by atoms with Crippen LogP contribution in [0.25, 0.3) is 0 Å². The molecule has 2 atom stereocenters. The summed E-state index contributed by atoms with van der Waals surface area (Å²) in [5.74, 6) is 3.70. The van der Waals surface area contributed by atoms with Crippen molar-refractivity contribution in [1.82, 2.24) is 10.2 Å². The number of halogens is 1. The largest absolute Gasteiger partial charge is 0.340 e. The topological polar surface area (TPSA) is 32.3 Å². The van der Waals surface area contributed by atoms with Crippen LogP contribution in [0.2, 0.25) is 0 Å². The van der Waals surface area contributed by atoms with Crippen LogP contribution >= 0.6 is 35.9 Å². The Bertz CT molecular complexity index is 237. The first kappa shape index (κ1) is 14.5. The van der Waals surface area contributed by atoms with Crippen LogP contribution in [0.5, 0.6) is 0 Å². The van der Waals surface area contributed by atoms with E-state index in [-0.39, 0.29) is 17.7 Å². The summed E-state index contributed by atoms with van der Waals surface area (Å²) in [4.78, 5) is 14.2. The van der Waals surface area contributed by atoms with Gasteiger partial charge in [0.25, 0.3) is 0 Å². The molecular weight excluding hydrogens is 264 g/mol. The van der Waals surface area contributed by atoms with Crippen LogP contribution < -0.4 is 5.32 Å². The first-order valence-electron chi connectivity index (χ1n) is 5.46. The summed E-state index contributed by atoms with van der Waals surface area (Å²) >= 11 is 3.75. The number of hydrogen-bond donors (Lipinski definition) is 1. The van der Waals surface area contributed by atoms with Gasteiger partial charge in [-0.3, -0.25) is 4.79 Å². The molecule has 2 unspecified atom stereocenters. The molecule has 0 radical (unpaired) electrons. The molecule has 0 saturated carbocycles. The van der Waals surface area contributed by atoms with Gasteiger partial charge in [-0.2, -0.15) is 11.8 Å². The number of amides is 1. The number of likely N-dealkylation sites (tertiary alicyclic amines) is 1. The van der Waals surface area contributed by atoms with Crippen LogP contribution in [0.4, 0.5) is 0 Å². The molecule has 16 heavy (non-hydrogen) atoms. The van der Waals surface area contributed by atoms with Gasteiger partial charge in [-0.05, 0) is 13.5 Å². The first-order valence-corrected chi connectivity index (χ1v) is 7.67. The minimum Gasteiger partial charge on any atom is -0.340 e. The maximum Gasteiger partial charge on any atom is 0.236 e. The fraction of sp³-hybridized carbons (Fsp3) is 0.900. The van der Waals surface area contributed by atoms with Gasteiger partial charge < -0.3 is 10.2 Å². The Hall–Kier alpha value is 0.420. The second-order valence-electron chi connectivity index (χ2n) is 3.99. The lowest BCUT2D eigenvalue weighted by Gasteiger charge is -2.25. The Balaban J connectivity index is 0.00000128. The molecule has 3 nitrogen and oxygen atoms in total. The van der Waals surface area contributed by atoms with E-state index in [1.54, 1.807) is 0 Å². The number of nitrogens with zero attached hydrogens (tertiary/aromatic N) is 1. The highest BCUT2D eigenvalue weighted by molar-refractivity contribution is 8.07. The fourth-order valence-electron chi connectivity index (χ4n) is 2.03. The standard InChI is InChI=1S/C10H18N2OS2.ClH/c1-11-8-2-3-12(6-8)10(13)9-7-14-4-5-15-9;/h8-9,11H,2-7H2,1H3;1H. The molecule has 2 heterocycles. The van der Waals surface area contributed by atoms with E-state index in [1.807, 2.05) is 35.5 Å². The van der Waals surface area contributed by atoms with E-state index < -0.39 is 0 Å². The van der Waals surface area contributed by atoms with Crippen molar-refractivity contribution in [3.05, 3.63) is 0 Å². The second-order valence-corrected chi connectivity index (χ2v) is 6.45. The minimum absolute atomic E-state index is 0. The predicted molar refractivity (Wildman–Crippen MR) is 74.9 cm³/mol. The highest BCUT2D eigenvalue weighted by atomic mass is 35.5. The van der Waals surface area contributed by atoms with Gasteiger partial charge in [0.2, 0.25) is 5.91 Å². The van der Waals surface area contributed by atoms with Crippen molar-refractivity contribution in [2.45, 2.75) is 17.7 Å². The first-order chi connectivity index (χ1) is 7.31. The molecular formula is C10H19ClN2OS2.